The molecule has 0 saturated heterocycles. The molecule has 0 bridgehead atoms. The number of para-hydroxylation sites is 1. The van der Waals surface area contributed by atoms with E-state index in [0.717, 1.165) is 23.0 Å². The number of Topliss-reactive ketones (excluding diaryl/α,β-unsaturated/α-hetero) is 1. The van der Waals surface area contributed by atoms with Gasteiger partial charge in [0.15, 0.2) is 5.78 Å². The maximum Gasteiger partial charge on any atom is 0.166 e. The molecule has 0 spiro atoms. The molecule has 0 radical (unpaired) electrons. The molecule has 4 rings (SSSR count). The Bertz CT molecular complexity index is 784. The summed E-state index contributed by atoms with van der Waals surface area (Å²) in [6.07, 6.45) is 0.598. The Balaban J connectivity index is 2.08. The summed E-state index contributed by atoms with van der Waals surface area (Å²) in [7, 11) is 0. The van der Waals surface area contributed by atoms with Crippen molar-refractivity contribution in [2.75, 3.05) is 0 Å². The molecule has 92 valence electrons. The highest BCUT2D eigenvalue weighted by atomic mass is 16.1. The second-order valence-corrected chi connectivity index (χ2v) is 4.96. The van der Waals surface area contributed by atoms with E-state index in [1.54, 1.807) is 0 Å². The molecule has 3 aromatic rings. The first-order valence-corrected chi connectivity index (χ1v) is 6.55. The number of carbonyl (C=O) groups is 1. The number of benzene rings is 2. The van der Waals surface area contributed by atoms with Crippen molar-refractivity contribution in [2.45, 2.75) is 13.0 Å². The van der Waals surface area contributed by atoms with Gasteiger partial charge in [0.2, 0.25) is 0 Å². The second kappa shape index (κ2) is 3.82. The zero-order valence-electron chi connectivity index (χ0n) is 10.5. The van der Waals surface area contributed by atoms with Crippen molar-refractivity contribution in [1.29, 1.82) is 0 Å². The SMILES string of the molecule is O=C1CCn2c(-c3ccccc3)cc3cccc1c32. The Labute approximate surface area is 111 Å². The zero-order chi connectivity index (χ0) is 12.8. The fraction of sp³-hybridized carbons (Fsp3) is 0.118. The summed E-state index contributed by atoms with van der Waals surface area (Å²) in [6.45, 7) is 0.781. The number of ketones is 1. The lowest BCUT2D eigenvalue weighted by Crippen LogP contribution is -2.14. The number of nitrogens with zero attached hydrogens (tertiary/aromatic N) is 1. The van der Waals surface area contributed by atoms with E-state index >= 15 is 0 Å². The van der Waals surface area contributed by atoms with Crippen molar-refractivity contribution in [2.24, 2.45) is 0 Å². The normalized spacial score (nSPS) is 14.0. The molecule has 1 aromatic heterocycles. The Hall–Kier alpha value is -2.35. The van der Waals surface area contributed by atoms with Gasteiger partial charge in [0, 0.05) is 29.6 Å². The van der Waals surface area contributed by atoms with Crippen LogP contribution in [-0.2, 0) is 6.54 Å². The average Bonchev–Trinajstić information content (AvgIpc) is 2.84. The quantitative estimate of drug-likeness (QED) is 0.639. The maximum absolute atomic E-state index is 12.0. The van der Waals surface area contributed by atoms with E-state index in [2.05, 4.69) is 41.0 Å². The lowest BCUT2D eigenvalue weighted by Gasteiger charge is -2.17. The minimum Gasteiger partial charge on any atom is -0.339 e. The predicted octanol–water partition coefficient (Wildman–Crippen LogP) is 3.89. The monoisotopic (exact) mass is 247 g/mol. The number of rotatable bonds is 1. The first kappa shape index (κ1) is 10.6. The molecule has 0 amide bonds. The molecule has 0 atom stereocenters. The molecular weight excluding hydrogens is 234 g/mol. The number of aromatic nitrogens is 1. The molecule has 1 aliphatic rings. The van der Waals surface area contributed by atoms with Gasteiger partial charge >= 0.3 is 0 Å². The van der Waals surface area contributed by atoms with Crippen LogP contribution in [0.25, 0.3) is 22.2 Å². The van der Waals surface area contributed by atoms with Crippen LogP contribution in [-0.4, -0.2) is 10.4 Å². The van der Waals surface area contributed by atoms with Gasteiger partial charge in [-0.25, -0.2) is 0 Å². The molecule has 2 nitrogen and oxygen atoms in total. The summed E-state index contributed by atoms with van der Waals surface area (Å²) in [4.78, 5) is 12.0. The fourth-order valence-corrected chi connectivity index (χ4v) is 2.98. The highest BCUT2D eigenvalue weighted by Gasteiger charge is 2.21. The molecule has 0 fully saturated rings. The lowest BCUT2D eigenvalue weighted by atomic mass is 10.0. The summed E-state index contributed by atoms with van der Waals surface area (Å²) in [5.41, 5.74) is 4.37. The molecule has 0 aliphatic carbocycles. The molecule has 19 heavy (non-hydrogen) atoms. The van der Waals surface area contributed by atoms with Gasteiger partial charge in [-0.2, -0.15) is 0 Å². The molecular formula is C17H13NO. The van der Waals surface area contributed by atoms with E-state index in [4.69, 9.17) is 0 Å². The van der Waals surface area contributed by atoms with Crippen LogP contribution in [0.5, 0.6) is 0 Å². The van der Waals surface area contributed by atoms with Crippen LogP contribution in [0.3, 0.4) is 0 Å². The molecule has 0 unspecified atom stereocenters. The minimum absolute atomic E-state index is 0.260. The smallest absolute Gasteiger partial charge is 0.166 e. The molecule has 2 heteroatoms. The van der Waals surface area contributed by atoms with Gasteiger partial charge in [-0.15, -0.1) is 0 Å². The average molecular weight is 247 g/mol. The van der Waals surface area contributed by atoms with Crippen molar-refractivity contribution < 1.29 is 4.79 Å². The van der Waals surface area contributed by atoms with Gasteiger partial charge in [-0.3, -0.25) is 4.79 Å². The van der Waals surface area contributed by atoms with Crippen LogP contribution in [0.15, 0.2) is 54.6 Å². The first-order valence-electron chi connectivity index (χ1n) is 6.55. The molecule has 2 aromatic carbocycles. The topological polar surface area (TPSA) is 22.0 Å². The third-order valence-corrected chi connectivity index (χ3v) is 3.85. The van der Waals surface area contributed by atoms with Gasteiger partial charge in [0.05, 0.1) is 5.52 Å². The van der Waals surface area contributed by atoms with Crippen LogP contribution in [0.2, 0.25) is 0 Å². The lowest BCUT2D eigenvalue weighted by molar-refractivity contribution is 0.0973. The molecule has 1 aliphatic heterocycles. The van der Waals surface area contributed by atoms with E-state index in [1.165, 1.54) is 11.3 Å². The third-order valence-electron chi connectivity index (χ3n) is 3.85. The second-order valence-electron chi connectivity index (χ2n) is 4.96. The highest BCUT2D eigenvalue weighted by molar-refractivity contribution is 6.09. The summed E-state index contributed by atoms with van der Waals surface area (Å²) < 4.78 is 2.28. The maximum atomic E-state index is 12.0. The Morgan fingerprint density at radius 1 is 0.947 bits per heavy atom. The van der Waals surface area contributed by atoms with Gasteiger partial charge < -0.3 is 4.57 Å². The fourth-order valence-electron chi connectivity index (χ4n) is 2.98. The Morgan fingerprint density at radius 3 is 2.63 bits per heavy atom. The van der Waals surface area contributed by atoms with Crippen molar-refractivity contribution >= 4 is 16.7 Å². The van der Waals surface area contributed by atoms with Gasteiger partial charge in [0.1, 0.15) is 0 Å². The number of aryl methyl sites for hydroxylation is 1. The molecule has 0 N–H and O–H groups in total. The van der Waals surface area contributed by atoms with E-state index < -0.39 is 0 Å². The summed E-state index contributed by atoms with van der Waals surface area (Å²) in [5, 5.41) is 1.16. The van der Waals surface area contributed by atoms with Crippen LogP contribution in [0.4, 0.5) is 0 Å². The Morgan fingerprint density at radius 2 is 1.79 bits per heavy atom. The summed E-state index contributed by atoms with van der Waals surface area (Å²) >= 11 is 0. The summed E-state index contributed by atoms with van der Waals surface area (Å²) in [5.74, 6) is 0.260. The summed E-state index contributed by atoms with van der Waals surface area (Å²) in [6, 6.07) is 18.5. The number of hydrogen-bond donors (Lipinski definition) is 0. The zero-order valence-corrected chi connectivity index (χ0v) is 10.5. The highest BCUT2D eigenvalue weighted by Crippen LogP contribution is 2.33. The Kier molecular flexibility index (Phi) is 2.12. The molecule has 0 saturated carbocycles. The van der Waals surface area contributed by atoms with Crippen molar-refractivity contribution in [3.05, 3.63) is 60.2 Å². The largest absolute Gasteiger partial charge is 0.339 e. The molecule has 2 heterocycles. The van der Waals surface area contributed by atoms with Crippen molar-refractivity contribution in [3.8, 4) is 11.3 Å². The number of carbonyl (C=O) groups excluding carboxylic acids is 1. The van der Waals surface area contributed by atoms with Crippen LogP contribution >= 0.6 is 0 Å². The van der Waals surface area contributed by atoms with Gasteiger partial charge in [-0.1, -0.05) is 42.5 Å². The van der Waals surface area contributed by atoms with E-state index in [9.17, 15) is 4.79 Å². The van der Waals surface area contributed by atoms with E-state index in [-0.39, 0.29) is 5.78 Å². The van der Waals surface area contributed by atoms with Crippen molar-refractivity contribution in [1.82, 2.24) is 4.57 Å². The predicted molar refractivity (Wildman–Crippen MR) is 76.3 cm³/mol. The minimum atomic E-state index is 0.260. The standard InChI is InChI=1S/C17H13NO/c19-16-9-10-18-15(12-5-2-1-3-6-12)11-13-7-4-8-14(16)17(13)18/h1-8,11H,9-10H2. The van der Waals surface area contributed by atoms with E-state index in [0.29, 0.717) is 6.42 Å². The van der Waals surface area contributed by atoms with Crippen LogP contribution in [0, 0.1) is 0 Å². The third kappa shape index (κ3) is 1.46. The first-order chi connectivity index (χ1) is 9.34. The van der Waals surface area contributed by atoms with Crippen LogP contribution in [0.1, 0.15) is 16.8 Å². The van der Waals surface area contributed by atoms with Gasteiger partial charge in [0.25, 0.3) is 0 Å². The van der Waals surface area contributed by atoms with Gasteiger partial charge in [-0.05, 0) is 17.7 Å². The number of hydrogen-bond acceptors (Lipinski definition) is 1. The van der Waals surface area contributed by atoms with Crippen molar-refractivity contribution in [3.63, 3.8) is 0 Å². The van der Waals surface area contributed by atoms with Crippen LogP contribution < -0.4 is 0 Å². The van der Waals surface area contributed by atoms with E-state index in [1.807, 2.05) is 18.2 Å².